The molecule has 2 nitrogen and oxygen atoms in total. The van der Waals surface area contributed by atoms with E-state index in [0.717, 1.165) is 0 Å². The van der Waals surface area contributed by atoms with Crippen LogP contribution in [0.4, 0.5) is 4.39 Å². The van der Waals surface area contributed by atoms with Gasteiger partial charge in [0.2, 0.25) is 0 Å². The van der Waals surface area contributed by atoms with Gasteiger partial charge < -0.3 is 4.74 Å². The van der Waals surface area contributed by atoms with Crippen LogP contribution in [0.5, 0.6) is 5.75 Å². The van der Waals surface area contributed by atoms with Crippen LogP contribution in [-0.2, 0) is 6.61 Å². The molecule has 0 aromatic heterocycles. The second-order valence-electron chi connectivity index (χ2n) is 3.83. The molecular formula is C14H9Cl2FO2. The SMILES string of the molecule is O=Cc1ccc(OCc2ccc(Cl)cc2F)c(Cl)c1. The summed E-state index contributed by atoms with van der Waals surface area (Å²) in [5.41, 5.74) is 0.829. The Hall–Kier alpha value is -1.58. The van der Waals surface area contributed by atoms with Crippen LogP contribution in [-0.4, -0.2) is 6.29 Å². The van der Waals surface area contributed by atoms with E-state index in [4.69, 9.17) is 27.9 Å². The summed E-state index contributed by atoms with van der Waals surface area (Å²) in [6, 6.07) is 8.98. The smallest absolute Gasteiger partial charge is 0.150 e. The number of halogens is 3. The first-order valence-corrected chi connectivity index (χ1v) is 6.17. The van der Waals surface area contributed by atoms with Crippen LogP contribution in [0.25, 0.3) is 0 Å². The van der Waals surface area contributed by atoms with E-state index in [0.29, 0.717) is 33.2 Å². The molecule has 0 atom stereocenters. The molecule has 2 aromatic rings. The molecule has 2 aromatic carbocycles. The number of aldehydes is 1. The largest absolute Gasteiger partial charge is 0.487 e. The Morgan fingerprint density at radius 1 is 1.16 bits per heavy atom. The topological polar surface area (TPSA) is 26.3 Å². The number of rotatable bonds is 4. The molecule has 0 amide bonds. The molecule has 98 valence electrons. The van der Waals surface area contributed by atoms with Crippen molar-refractivity contribution >= 4 is 29.5 Å². The summed E-state index contributed by atoms with van der Waals surface area (Å²) >= 11 is 11.6. The molecule has 0 saturated heterocycles. The van der Waals surface area contributed by atoms with Gasteiger partial charge in [-0.1, -0.05) is 29.3 Å². The first kappa shape index (κ1) is 13.8. The molecule has 0 radical (unpaired) electrons. The number of hydrogen-bond donors (Lipinski definition) is 0. The summed E-state index contributed by atoms with van der Waals surface area (Å²) in [6.07, 6.45) is 0.689. The van der Waals surface area contributed by atoms with Crippen LogP contribution in [0, 0.1) is 5.82 Å². The molecule has 0 aliphatic heterocycles. The lowest BCUT2D eigenvalue weighted by Gasteiger charge is -2.09. The molecule has 0 aliphatic rings. The van der Waals surface area contributed by atoms with E-state index < -0.39 is 5.82 Å². The zero-order valence-corrected chi connectivity index (χ0v) is 11.2. The van der Waals surface area contributed by atoms with Crippen LogP contribution >= 0.6 is 23.2 Å². The van der Waals surface area contributed by atoms with Crippen molar-refractivity contribution in [3.63, 3.8) is 0 Å². The van der Waals surface area contributed by atoms with E-state index in [-0.39, 0.29) is 6.61 Å². The molecule has 2 rings (SSSR count). The van der Waals surface area contributed by atoms with Crippen molar-refractivity contribution in [1.29, 1.82) is 0 Å². The lowest BCUT2D eigenvalue weighted by Crippen LogP contribution is -1.99. The molecule has 0 N–H and O–H groups in total. The second kappa shape index (κ2) is 6.04. The number of carbonyl (C=O) groups is 1. The Kier molecular flexibility index (Phi) is 4.40. The van der Waals surface area contributed by atoms with Crippen molar-refractivity contribution < 1.29 is 13.9 Å². The van der Waals surface area contributed by atoms with E-state index in [9.17, 15) is 9.18 Å². The van der Waals surface area contributed by atoms with Gasteiger partial charge in [-0.05, 0) is 30.3 Å². The molecular weight excluding hydrogens is 290 g/mol. The van der Waals surface area contributed by atoms with Crippen molar-refractivity contribution in [3.05, 3.63) is 63.4 Å². The van der Waals surface area contributed by atoms with Crippen LogP contribution in [0.2, 0.25) is 10.0 Å². The van der Waals surface area contributed by atoms with Gasteiger partial charge in [-0.25, -0.2) is 4.39 Å². The molecule has 19 heavy (non-hydrogen) atoms. The monoisotopic (exact) mass is 298 g/mol. The summed E-state index contributed by atoms with van der Waals surface area (Å²) in [7, 11) is 0. The Labute approximate surface area is 119 Å². The molecule has 0 aliphatic carbocycles. The molecule has 0 fully saturated rings. The average Bonchev–Trinajstić information content (AvgIpc) is 2.39. The Bertz CT molecular complexity index is 614. The van der Waals surface area contributed by atoms with Crippen LogP contribution in [0.3, 0.4) is 0 Å². The average molecular weight is 299 g/mol. The lowest BCUT2D eigenvalue weighted by molar-refractivity contribution is 0.112. The number of ether oxygens (including phenoxy) is 1. The maximum atomic E-state index is 13.5. The highest BCUT2D eigenvalue weighted by Crippen LogP contribution is 2.26. The fraction of sp³-hybridized carbons (Fsp3) is 0.0714. The molecule has 0 heterocycles. The van der Waals surface area contributed by atoms with Crippen LogP contribution in [0.1, 0.15) is 15.9 Å². The van der Waals surface area contributed by atoms with Gasteiger partial charge in [-0.3, -0.25) is 4.79 Å². The minimum absolute atomic E-state index is 0.0309. The highest BCUT2D eigenvalue weighted by molar-refractivity contribution is 6.32. The fourth-order valence-corrected chi connectivity index (χ4v) is 1.90. The minimum Gasteiger partial charge on any atom is -0.487 e. The zero-order valence-electron chi connectivity index (χ0n) is 9.70. The molecule has 0 saturated carbocycles. The van der Waals surface area contributed by atoms with Gasteiger partial charge in [-0.15, -0.1) is 0 Å². The first-order valence-electron chi connectivity index (χ1n) is 5.41. The highest BCUT2D eigenvalue weighted by Gasteiger charge is 2.07. The van der Waals surface area contributed by atoms with E-state index in [1.54, 1.807) is 24.3 Å². The summed E-state index contributed by atoms with van der Waals surface area (Å²) in [5, 5.41) is 0.633. The summed E-state index contributed by atoms with van der Waals surface area (Å²) in [4.78, 5) is 10.6. The van der Waals surface area contributed by atoms with Crippen molar-refractivity contribution in [2.75, 3.05) is 0 Å². The maximum Gasteiger partial charge on any atom is 0.150 e. The van der Waals surface area contributed by atoms with Gasteiger partial charge in [0.15, 0.2) is 0 Å². The molecule has 0 unspecified atom stereocenters. The van der Waals surface area contributed by atoms with Crippen molar-refractivity contribution in [3.8, 4) is 5.75 Å². The number of benzene rings is 2. The predicted molar refractivity (Wildman–Crippen MR) is 72.6 cm³/mol. The zero-order chi connectivity index (χ0) is 13.8. The summed E-state index contributed by atoms with van der Waals surface area (Å²) in [5.74, 6) is -0.0465. The lowest BCUT2D eigenvalue weighted by atomic mass is 10.2. The number of carbonyl (C=O) groups excluding carboxylic acids is 1. The van der Waals surface area contributed by atoms with Gasteiger partial charge in [0.05, 0.1) is 5.02 Å². The maximum absolute atomic E-state index is 13.5. The number of hydrogen-bond acceptors (Lipinski definition) is 2. The predicted octanol–water partition coefficient (Wildman–Crippen LogP) is 4.52. The molecule has 0 bridgehead atoms. The highest BCUT2D eigenvalue weighted by atomic mass is 35.5. The minimum atomic E-state index is -0.437. The van der Waals surface area contributed by atoms with Gasteiger partial charge >= 0.3 is 0 Å². The van der Waals surface area contributed by atoms with Crippen LogP contribution < -0.4 is 4.74 Å². The van der Waals surface area contributed by atoms with Gasteiger partial charge in [0, 0.05) is 16.1 Å². The van der Waals surface area contributed by atoms with Gasteiger partial charge in [-0.2, -0.15) is 0 Å². The van der Waals surface area contributed by atoms with E-state index in [1.165, 1.54) is 12.1 Å². The normalized spacial score (nSPS) is 10.3. The first-order chi connectivity index (χ1) is 9.10. The second-order valence-corrected chi connectivity index (χ2v) is 4.68. The molecule has 5 heteroatoms. The summed E-state index contributed by atoms with van der Waals surface area (Å²) in [6.45, 7) is 0.0309. The quantitative estimate of drug-likeness (QED) is 0.776. The van der Waals surface area contributed by atoms with E-state index >= 15 is 0 Å². The van der Waals surface area contributed by atoms with E-state index in [2.05, 4.69) is 0 Å². The van der Waals surface area contributed by atoms with Crippen LogP contribution in [0.15, 0.2) is 36.4 Å². The molecule has 0 spiro atoms. The van der Waals surface area contributed by atoms with Crippen molar-refractivity contribution in [2.24, 2.45) is 0 Å². The van der Waals surface area contributed by atoms with Gasteiger partial charge in [0.1, 0.15) is 24.5 Å². The summed E-state index contributed by atoms with van der Waals surface area (Å²) < 4.78 is 18.9. The fourth-order valence-electron chi connectivity index (χ4n) is 1.50. The standard InChI is InChI=1S/C14H9Cl2FO2/c15-11-3-2-10(13(17)6-11)8-19-14-4-1-9(7-18)5-12(14)16/h1-7H,8H2. The third-order valence-corrected chi connectivity index (χ3v) is 3.02. The van der Waals surface area contributed by atoms with Crippen molar-refractivity contribution in [1.82, 2.24) is 0 Å². The Morgan fingerprint density at radius 2 is 1.95 bits per heavy atom. The Balaban J connectivity index is 2.12. The third-order valence-electron chi connectivity index (χ3n) is 2.49. The van der Waals surface area contributed by atoms with E-state index in [1.807, 2.05) is 0 Å². The van der Waals surface area contributed by atoms with Crippen molar-refractivity contribution in [2.45, 2.75) is 6.61 Å². The third kappa shape index (κ3) is 3.46. The van der Waals surface area contributed by atoms with Gasteiger partial charge in [0.25, 0.3) is 0 Å². The Morgan fingerprint density at radius 3 is 2.58 bits per heavy atom.